The average molecular weight is 713 g/mol. The molecule has 3 aromatic rings. The van der Waals surface area contributed by atoms with Crippen molar-refractivity contribution in [3.05, 3.63) is 52.7 Å². The number of hydrogen-bond acceptors (Lipinski definition) is 10. The quantitative estimate of drug-likeness (QED) is 0.105. The van der Waals surface area contributed by atoms with Gasteiger partial charge in [0.25, 0.3) is 5.91 Å². The Morgan fingerprint density at radius 2 is 1.82 bits per heavy atom. The molecule has 50 heavy (non-hydrogen) atoms. The smallest absolute Gasteiger partial charge is 0.323 e. The van der Waals surface area contributed by atoms with Crippen LogP contribution in [0.4, 0.5) is 0 Å². The van der Waals surface area contributed by atoms with Gasteiger partial charge in [0, 0.05) is 63.6 Å². The zero-order valence-electron chi connectivity index (χ0n) is 28.9. The molecule has 0 fully saturated rings. The Balaban J connectivity index is 1.34. The normalized spacial score (nSPS) is 13.8. The van der Waals surface area contributed by atoms with E-state index < -0.39 is 34.5 Å². The molecule has 0 radical (unpaired) electrons. The van der Waals surface area contributed by atoms with Gasteiger partial charge in [0.1, 0.15) is 11.8 Å². The summed E-state index contributed by atoms with van der Waals surface area (Å²) in [5, 5.41) is 24.0. The number of fused-ring (bicyclic) bond motifs is 1. The van der Waals surface area contributed by atoms with Gasteiger partial charge in [-0.15, -0.1) is 0 Å². The molecule has 1 aromatic heterocycles. The number of rotatable bonds is 18. The highest BCUT2D eigenvalue weighted by atomic mass is 32.2. The van der Waals surface area contributed by atoms with E-state index in [4.69, 9.17) is 10.5 Å². The summed E-state index contributed by atoms with van der Waals surface area (Å²) in [6.45, 7) is 5.34. The molecular formula is C34H48N8O7S. The molecule has 1 aliphatic heterocycles. The number of aliphatic imine (C=N–C) groups is 1. The fourth-order valence-corrected chi connectivity index (χ4v) is 7.49. The van der Waals surface area contributed by atoms with Crippen LogP contribution < -0.4 is 31.1 Å². The summed E-state index contributed by atoms with van der Waals surface area (Å²) >= 11 is 0. The van der Waals surface area contributed by atoms with Gasteiger partial charge < -0.3 is 31.5 Å². The van der Waals surface area contributed by atoms with Gasteiger partial charge in [0.05, 0.1) is 28.5 Å². The summed E-state index contributed by atoms with van der Waals surface area (Å²) in [5.41, 5.74) is 8.02. The van der Waals surface area contributed by atoms with Crippen molar-refractivity contribution in [2.24, 2.45) is 17.8 Å². The van der Waals surface area contributed by atoms with E-state index in [2.05, 4.69) is 30.8 Å². The maximum Gasteiger partial charge on any atom is 0.323 e. The number of nitrogens with one attached hydrogen (secondary N) is 4. The first-order chi connectivity index (χ1) is 23.9. The average Bonchev–Trinajstić information content (AvgIpc) is 3.39. The first-order valence-corrected chi connectivity index (χ1v) is 18.3. The number of ether oxygens (including phenoxy) is 1. The van der Waals surface area contributed by atoms with Gasteiger partial charge in [0.15, 0.2) is 0 Å². The topological polar surface area (TPSA) is 219 Å². The predicted octanol–water partition coefficient (Wildman–Crippen LogP) is 1.69. The Labute approximate surface area is 292 Å². The van der Waals surface area contributed by atoms with E-state index in [0.717, 1.165) is 67.6 Å². The first kappa shape index (κ1) is 38.3. The van der Waals surface area contributed by atoms with E-state index in [1.807, 2.05) is 6.07 Å². The number of sulfonamides is 1. The number of nitrogens with two attached hydrogens (primary N) is 1. The Bertz CT molecular complexity index is 1800. The minimum Gasteiger partial charge on any atom is -0.494 e. The van der Waals surface area contributed by atoms with Crippen LogP contribution in [0.3, 0.4) is 0 Å². The van der Waals surface area contributed by atoms with Crippen molar-refractivity contribution in [1.29, 1.82) is 0 Å². The molecule has 16 heteroatoms. The van der Waals surface area contributed by atoms with Gasteiger partial charge in [-0.25, -0.2) is 8.42 Å². The molecule has 0 aliphatic carbocycles. The minimum atomic E-state index is -4.31. The van der Waals surface area contributed by atoms with E-state index in [0.29, 0.717) is 36.4 Å². The molecule has 2 heterocycles. The molecule has 4 rings (SSSR count). The van der Waals surface area contributed by atoms with Crippen LogP contribution in [0.1, 0.15) is 65.7 Å². The largest absolute Gasteiger partial charge is 0.494 e. The van der Waals surface area contributed by atoms with E-state index in [1.165, 1.54) is 12.1 Å². The highest BCUT2D eigenvalue weighted by Crippen LogP contribution is 2.26. The molecule has 272 valence electrons. The van der Waals surface area contributed by atoms with E-state index >= 15 is 0 Å². The van der Waals surface area contributed by atoms with Gasteiger partial charge in [-0.05, 0) is 81.3 Å². The number of carboxylic acids is 1. The third kappa shape index (κ3) is 10.5. The fraction of sp³-hybridized carbons (Fsp3) is 0.500. The lowest BCUT2D eigenvalue weighted by Gasteiger charge is -2.19. The van der Waals surface area contributed by atoms with Crippen LogP contribution in [0.2, 0.25) is 0 Å². The number of carbonyl (C=O) groups excluding carboxylic acids is 2. The lowest BCUT2D eigenvalue weighted by molar-refractivity contribution is -0.138. The number of carboxylic acid groups (broad SMARTS) is 1. The maximum atomic E-state index is 13.4. The zero-order valence-corrected chi connectivity index (χ0v) is 29.7. The fourth-order valence-electron chi connectivity index (χ4n) is 5.85. The number of benzene rings is 2. The van der Waals surface area contributed by atoms with Crippen LogP contribution in [0.15, 0.2) is 40.2 Å². The number of amidine groups is 1. The second-order valence-corrected chi connectivity index (χ2v) is 14.0. The lowest BCUT2D eigenvalue weighted by Crippen LogP contribution is -2.48. The number of nitrogens with zero attached hydrogens (tertiary/aromatic N) is 3. The number of aromatic nitrogens is 2. The minimum absolute atomic E-state index is 0.0837. The summed E-state index contributed by atoms with van der Waals surface area (Å²) in [4.78, 5) is 41.4. The second kappa shape index (κ2) is 17.9. The second-order valence-electron chi connectivity index (χ2n) is 12.3. The first-order valence-electron chi connectivity index (χ1n) is 16.9. The van der Waals surface area contributed by atoms with Gasteiger partial charge in [-0.2, -0.15) is 9.82 Å². The summed E-state index contributed by atoms with van der Waals surface area (Å²) < 4.78 is 36.4. The van der Waals surface area contributed by atoms with Crippen molar-refractivity contribution in [3.63, 3.8) is 0 Å². The molecule has 0 saturated carbocycles. The monoisotopic (exact) mass is 712 g/mol. The van der Waals surface area contributed by atoms with Crippen LogP contribution in [0.25, 0.3) is 10.9 Å². The maximum absolute atomic E-state index is 13.4. The third-order valence-electron chi connectivity index (χ3n) is 8.28. The molecule has 2 aromatic carbocycles. The molecule has 7 N–H and O–H groups in total. The third-order valence-corrected chi connectivity index (χ3v) is 10.1. The Morgan fingerprint density at radius 1 is 1.06 bits per heavy atom. The van der Waals surface area contributed by atoms with Crippen molar-refractivity contribution >= 4 is 44.5 Å². The molecule has 15 nitrogen and oxygen atoms in total. The predicted molar refractivity (Wildman–Crippen MR) is 190 cm³/mol. The van der Waals surface area contributed by atoms with Crippen LogP contribution >= 0.6 is 0 Å². The van der Waals surface area contributed by atoms with Gasteiger partial charge >= 0.3 is 5.97 Å². The molecule has 1 aliphatic rings. The number of carbonyl (C=O) groups is 3. The number of aliphatic carboxylic acids is 1. The molecule has 0 bridgehead atoms. The van der Waals surface area contributed by atoms with E-state index in [-0.39, 0.29) is 29.4 Å². The standard InChI is InChI=1S/C34H48N8O7S/c1-22-18-25(49-17-7-10-31(43)38-16-13-35)19-23(2)32(22)50(47,48)41-28(34(45)46)21-39-33(44)24-11-12-26-27(40-42(3)29(26)20-24)8-6-15-37-30-9-4-5-14-36-30/h11-12,18-20,28,41H,4-10,13-17,21,35H2,1-3H3,(H,36,37)(H,38,43)(H,39,44)(H,45,46)/t28-/m0/s1. The molecular weight excluding hydrogens is 664 g/mol. The van der Waals surface area contributed by atoms with Gasteiger partial charge in [-0.3, -0.25) is 24.1 Å². The summed E-state index contributed by atoms with van der Waals surface area (Å²) in [6, 6.07) is 6.59. The highest BCUT2D eigenvalue weighted by Gasteiger charge is 2.29. The Morgan fingerprint density at radius 3 is 2.50 bits per heavy atom. The SMILES string of the molecule is Cc1cc(OCCCC(=O)NCCN)cc(C)c1S(=O)(=O)N[C@@H](CNC(=O)c1ccc2c(CCCNC3=NCCCC3)nn(C)c2c1)C(=O)O. The van der Waals surface area contributed by atoms with Crippen LogP contribution in [-0.4, -0.2) is 92.3 Å². The molecule has 1 atom stereocenters. The summed E-state index contributed by atoms with van der Waals surface area (Å²) in [6.07, 6.45) is 5.61. The summed E-state index contributed by atoms with van der Waals surface area (Å²) in [7, 11) is -2.51. The molecule has 0 saturated heterocycles. The van der Waals surface area contributed by atoms with Crippen LogP contribution in [0.5, 0.6) is 5.75 Å². The lowest BCUT2D eigenvalue weighted by atomic mass is 10.1. The van der Waals surface area contributed by atoms with Crippen LogP contribution in [0, 0.1) is 13.8 Å². The highest BCUT2D eigenvalue weighted by molar-refractivity contribution is 7.89. The number of amides is 2. The number of aryl methyl sites for hydroxylation is 4. The molecule has 0 unspecified atom stereocenters. The van der Waals surface area contributed by atoms with Crippen molar-refractivity contribution in [1.82, 2.24) is 30.5 Å². The van der Waals surface area contributed by atoms with Crippen molar-refractivity contribution in [2.45, 2.75) is 69.7 Å². The van der Waals surface area contributed by atoms with Crippen LogP contribution in [-0.2, 0) is 33.1 Å². The summed E-state index contributed by atoms with van der Waals surface area (Å²) in [5.74, 6) is -0.648. The van der Waals surface area contributed by atoms with Crippen molar-refractivity contribution < 1.29 is 32.6 Å². The Hall–Kier alpha value is -4.54. The Kier molecular flexibility index (Phi) is 13.7. The number of hydrogen-bond donors (Lipinski definition) is 6. The van der Waals surface area contributed by atoms with E-state index in [9.17, 15) is 27.9 Å². The van der Waals surface area contributed by atoms with E-state index in [1.54, 1.807) is 37.7 Å². The molecule has 2 amide bonds. The molecule has 0 spiro atoms. The zero-order chi connectivity index (χ0) is 36.3. The van der Waals surface area contributed by atoms with Gasteiger partial charge in [-0.1, -0.05) is 6.07 Å². The van der Waals surface area contributed by atoms with Crippen molar-refractivity contribution in [3.8, 4) is 5.75 Å². The van der Waals surface area contributed by atoms with Crippen molar-refractivity contribution in [2.75, 3.05) is 39.3 Å². The van der Waals surface area contributed by atoms with Gasteiger partial charge in [0.2, 0.25) is 15.9 Å².